The molecule has 0 aliphatic rings. The molecule has 0 unspecified atom stereocenters. The Hall–Kier alpha value is -3.38. The second-order valence-corrected chi connectivity index (χ2v) is 8.45. The molecule has 0 aliphatic heterocycles. The highest BCUT2D eigenvalue weighted by Gasteiger charge is 2.15. The summed E-state index contributed by atoms with van der Waals surface area (Å²) in [6, 6.07) is 25.0. The van der Waals surface area contributed by atoms with Crippen LogP contribution in [0.2, 0.25) is 0 Å². The number of nitrogens with one attached hydrogen (secondary N) is 2. The van der Waals surface area contributed by atoms with Gasteiger partial charge in [-0.2, -0.15) is 0 Å². The second kappa shape index (κ2) is 12.6. The molecule has 3 rings (SSSR count). The van der Waals surface area contributed by atoms with E-state index in [1.807, 2.05) is 48.5 Å². The molecule has 0 saturated heterocycles. The van der Waals surface area contributed by atoms with E-state index in [0.717, 1.165) is 12.8 Å². The molecular weight excluding hydrogens is 432 g/mol. The van der Waals surface area contributed by atoms with Crippen molar-refractivity contribution in [2.45, 2.75) is 26.7 Å². The van der Waals surface area contributed by atoms with Crippen LogP contribution in [-0.2, 0) is 6.42 Å². The molecule has 0 spiro atoms. The van der Waals surface area contributed by atoms with Gasteiger partial charge in [0.2, 0.25) is 0 Å². The molecule has 3 aromatic carbocycles. The molecule has 6 heteroatoms. The molecule has 0 heterocycles. The topological polar surface area (TPSA) is 59.6 Å². The number of para-hydroxylation sites is 3. The minimum atomic E-state index is -0.326. The van der Waals surface area contributed by atoms with E-state index in [-0.39, 0.29) is 11.0 Å². The third-order valence-corrected chi connectivity index (χ3v) is 4.98. The lowest BCUT2D eigenvalue weighted by Crippen LogP contribution is -2.34. The van der Waals surface area contributed by atoms with Crippen LogP contribution < -0.4 is 20.1 Å². The highest BCUT2D eigenvalue weighted by Crippen LogP contribution is 2.24. The van der Waals surface area contributed by atoms with Crippen molar-refractivity contribution in [3.63, 3.8) is 0 Å². The quantitative estimate of drug-likeness (QED) is 0.292. The number of aryl methyl sites for hydroxylation is 1. The van der Waals surface area contributed by atoms with E-state index >= 15 is 0 Å². The van der Waals surface area contributed by atoms with Crippen molar-refractivity contribution in [3.05, 3.63) is 90.0 Å². The number of rotatable bonds is 10. The first kappa shape index (κ1) is 24.3. The number of carbonyl (C=O) groups is 1. The van der Waals surface area contributed by atoms with E-state index in [1.54, 1.807) is 18.2 Å². The highest BCUT2D eigenvalue weighted by atomic mass is 32.1. The Morgan fingerprint density at radius 1 is 0.879 bits per heavy atom. The second-order valence-electron chi connectivity index (χ2n) is 8.04. The van der Waals surface area contributed by atoms with Crippen LogP contribution in [0, 0.1) is 5.92 Å². The summed E-state index contributed by atoms with van der Waals surface area (Å²) in [4.78, 5) is 12.8. The van der Waals surface area contributed by atoms with Gasteiger partial charge in [-0.05, 0) is 60.8 Å². The standard InChI is InChI=1S/C27H30N2O3S/c1-20(2)19-32-24-16-8-6-14-22(24)26(30)29-27(33)28-23-15-7-9-17-25(23)31-18-10-13-21-11-4-3-5-12-21/h3-9,11-12,14-17,20H,10,13,18-19H2,1-2H3,(H2,28,29,30,33). The van der Waals surface area contributed by atoms with Crippen LogP contribution in [0.15, 0.2) is 78.9 Å². The third-order valence-electron chi connectivity index (χ3n) is 4.78. The van der Waals surface area contributed by atoms with Crippen LogP contribution in [0.25, 0.3) is 0 Å². The minimum absolute atomic E-state index is 0.194. The number of hydrogen-bond donors (Lipinski definition) is 2. The lowest BCUT2D eigenvalue weighted by Gasteiger charge is -2.16. The molecule has 0 atom stereocenters. The van der Waals surface area contributed by atoms with Crippen LogP contribution in [0.4, 0.5) is 5.69 Å². The van der Waals surface area contributed by atoms with Gasteiger partial charge in [0.05, 0.1) is 24.5 Å². The molecule has 0 aliphatic carbocycles. The van der Waals surface area contributed by atoms with Gasteiger partial charge in [-0.25, -0.2) is 0 Å². The molecule has 0 bridgehead atoms. The zero-order chi connectivity index (χ0) is 23.5. The number of carbonyl (C=O) groups excluding carboxylic acids is 1. The molecule has 0 radical (unpaired) electrons. The molecule has 2 N–H and O–H groups in total. The van der Waals surface area contributed by atoms with E-state index in [4.69, 9.17) is 21.7 Å². The van der Waals surface area contributed by atoms with E-state index in [1.165, 1.54) is 5.56 Å². The Balaban J connectivity index is 1.55. The monoisotopic (exact) mass is 462 g/mol. The van der Waals surface area contributed by atoms with Crippen molar-refractivity contribution >= 4 is 28.9 Å². The molecule has 0 saturated carbocycles. The van der Waals surface area contributed by atoms with Gasteiger partial charge in [0.1, 0.15) is 11.5 Å². The number of ether oxygens (including phenoxy) is 2. The van der Waals surface area contributed by atoms with E-state index in [0.29, 0.717) is 41.9 Å². The van der Waals surface area contributed by atoms with Gasteiger partial charge in [0.15, 0.2) is 5.11 Å². The molecule has 0 aromatic heterocycles. The van der Waals surface area contributed by atoms with Gasteiger partial charge in [-0.15, -0.1) is 0 Å². The lowest BCUT2D eigenvalue weighted by atomic mass is 10.1. The fourth-order valence-corrected chi connectivity index (χ4v) is 3.36. The summed E-state index contributed by atoms with van der Waals surface area (Å²) in [7, 11) is 0. The van der Waals surface area contributed by atoms with Gasteiger partial charge in [-0.3, -0.25) is 10.1 Å². The van der Waals surface area contributed by atoms with Gasteiger partial charge in [0.25, 0.3) is 5.91 Å². The summed E-state index contributed by atoms with van der Waals surface area (Å²) in [5.41, 5.74) is 2.42. The predicted molar refractivity (Wildman–Crippen MR) is 137 cm³/mol. The third kappa shape index (κ3) is 7.91. The maximum atomic E-state index is 12.8. The maximum Gasteiger partial charge on any atom is 0.261 e. The van der Waals surface area contributed by atoms with Crippen molar-refractivity contribution in [1.29, 1.82) is 0 Å². The normalized spacial score (nSPS) is 10.5. The van der Waals surface area contributed by atoms with E-state index in [2.05, 4.69) is 36.6 Å². The fourth-order valence-electron chi connectivity index (χ4n) is 3.16. The summed E-state index contributed by atoms with van der Waals surface area (Å²) in [6.45, 7) is 5.22. The van der Waals surface area contributed by atoms with Crippen LogP contribution >= 0.6 is 12.2 Å². The Kier molecular flexibility index (Phi) is 9.27. The number of anilines is 1. The number of benzene rings is 3. The van der Waals surface area contributed by atoms with Crippen molar-refractivity contribution in [2.24, 2.45) is 5.92 Å². The smallest absolute Gasteiger partial charge is 0.261 e. The average molecular weight is 463 g/mol. The average Bonchev–Trinajstić information content (AvgIpc) is 2.82. The van der Waals surface area contributed by atoms with Crippen LogP contribution in [0.5, 0.6) is 11.5 Å². The molecule has 172 valence electrons. The molecule has 5 nitrogen and oxygen atoms in total. The Morgan fingerprint density at radius 2 is 1.55 bits per heavy atom. The Morgan fingerprint density at radius 3 is 2.30 bits per heavy atom. The van der Waals surface area contributed by atoms with Crippen molar-refractivity contribution in [1.82, 2.24) is 5.32 Å². The zero-order valence-electron chi connectivity index (χ0n) is 19.0. The SMILES string of the molecule is CC(C)COc1ccccc1C(=O)NC(=S)Nc1ccccc1OCCCc1ccccc1. The summed E-state index contributed by atoms with van der Waals surface area (Å²) in [5, 5.41) is 6.00. The van der Waals surface area contributed by atoms with Crippen LogP contribution in [0.3, 0.4) is 0 Å². The van der Waals surface area contributed by atoms with Gasteiger partial charge < -0.3 is 14.8 Å². The molecule has 33 heavy (non-hydrogen) atoms. The van der Waals surface area contributed by atoms with Crippen molar-refractivity contribution < 1.29 is 14.3 Å². The predicted octanol–water partition coefficient (Wildman–Crippen LogP) is 5.86. The molecule has 0 fully saturated rings. The van der Waals surface area contributed by atoms with Crippen molar-refractivity contribution in [3.8, 4) is 11.5 Å². The molecule has 1 amide bonds. The Bertz CT molecular complexity index is 1050. The van der Waals surface area contributed by atoms with E-state index in [9.17, 15) is 4.79 Å². The minimum Gasteiger partial charge on any atom is -0.492 e. The van der Waals surface area contributed by atoms with Gasteiger partial charge in [0, 0.05) is 0 Å². The van der Waals surface area contributed by atoms with Crippen LogP contribution in [-0.4, -0.2) is 24.2 Å². The van der Waals surface area contributed by atoms with Gasteiger partial charge in [-0.1, -0.05) is 68.4 Å². The summed E-state index contributed by atoms with van der Waals surface area (Å²) >= 11 is 5.38. The number of hydrogen-bond acceptors (Lipinski definition) is 4. The summed E-state index contributed by atoms with van der Waals surface area (Å²) in [6.07, 6.45) is 1.84. The summed E-state index contributed by atoms with van der Waals surface area (Å²) < 4.78 is 11.7. The maximum absolute atomic E-state index is 12.8. The first-order chi connectivity index (χ1) is 16.0. The molecular formula is C27H30N2O3S. The number of amides is 1. The number of thiocarbonyl (C=S) groups is 1. The first-order valence-electron chi connectivity index (χ1n) is 11.1. The fraction of sp³-hybridized carbons (Fsp3) is 0.259. The largest absolute Gasteiger partial charge is 0.492 e. The first-order valence-corrected chi connectivity index (χ1v) is 11.5. The van der Waals surface area contributed by atoms with E-state index < -0.39 is 0 Å². The van der Waals surface area contributed by atoms with Crippen LogP contribution in [0.1, 0.15) is 36.2 Å². The Labute approximate surface area is 201 Å². The highest BCUT2D eigenvalue weighted by molar-refractivity contribution is 7.80. The van der Waals surface area contributed by atoms with Gasteiger partial charge >= 0.3 is 0 Å². The van der Waals surface area contributed by atoms with Crippen molar-refractivity contribution in [2.75, 3.05) is 18.5 Å². The molecule has 3 aromatic rings. The summed E-state index contributed by atoms with van der Waals surface area (Å²) in [5.74, 6) is 1.25. The zero-order valence-corrected chi connectivity index (χ0v) is 19.9. The lowest BCUT2D eigenvalue weighted by molar-refractivity contribution is 0.0973.